The standard InChI is InChI=1S/C20H17F2N3O4/c21-13-7-5-12(6-8-13)16(11-19(27)28)23-17(26)9-10-18-24-20(25-29-18)14-3-1-2-4-15(14)22/h1-8,16H,9-11H2,(H,23,26)(H,27,28). The Morgan fingerprint density at radius 3 is 2.52 bits per heavy atom. The molecule has 0 saturated heterocycles. The lowest BCUT2D eigenvalue weighted by Gasteiger charge is -2.17. The van der Waals surface area contributed by atoms with Crippen LogP contribution >= 0.6 is 0 Å². The van der Waals surface area contributed by atoms with Crippen molar-refractivity contribution in [2.24, 2.45) is 0 Å². The molecular formula is C20H17F2N3O4. The van der Waals surface area contributed by atoms with Crippen LogP contribution < -0.4 is 5.32 Å². The van der Waals surface area contributed by atoms with Crippen LogP contribution in [0, 0.1) is 11.6 Å². The molecule has 0 fully saturated rings. The fraction of sp³-hybridized carbons (Fsp3) is 0.200. The van der Waals surface area contributed by atoms with Crippen LogP contribution in [0.25, 0.3) is 11.4 Å². The number of carbonyl (C=O) groups excluding carboxylic acids is 1. The summed E-state index contributed by atoms with van der Waals surface area (Å²) < 4.78 is 31.9. The van der Waals surface area contributed by atoms with Crippen molar-refractivity contribution in [3.8, 4) is 11.4 Å². The lowest BCUT2D eigenvalue weighted by atomic mass is 10.0. The summed E-state index contributed by atoms with van der Waals surface area (Å²) in [7, 11) is 0. The zero-order valence-electron chi connectivity index (χ0n) is 15.1. The number of aryl methyl sites for hydroxylation is 1. The van der Waals surface area contributed by atoms with E-state index in [-0.39, 0.29) is 36.5 Å². The minimum absolute atomic E-state index is 0.0454. The van der Waals surface area contributed by atoms with Gasteiger partial charge in [-0.25, -0.2) is 8.78 Å². The minimum Gasteiger partial charge on any atom is -0.481 e. The molecule has 0 aliphatic carbocycles. The van der Waals surface area contributed by atoms with Gasteiger partial charge >= 0.3 is 5.97 Å². The largest absolute Gasteiger partial charge is 0.481 e. The molecule has 1 amide bonds. The van der Waals surface area contributed by atoms with Crippen LogP contribution in [0.2, 0.25) is 0 Å². The molecule has 150 valence electrons. The van der Waals surface area contributed by atoms with Crippen molar-refractivity contribution >= 4 is 11.9 Å². The van der Waals surface area contributed by atoms with E-state index >= 15 is 0 Å². The van der Waals surface area contributed by atoms with E-state index in [4.69, 9.17) is 9.63 Å². The van der Waals surface area contributed by atoms with Crippen molar-refractivity contribution in [2.75, 3.05) is 0 Å². The Morgan fingerprint density at radius 2 is 1.83 bits per heavy atom. The number of aromatic nitrogens is 2. The maximum atomic E-state index is 13.8. The number of hydrogen-bond acceptors (Lipinski definition) is 5. The van der Waals surface area contributed by atoms with Gasteiger partial charge in [-0.2, -0.15) is 4.98 Å². The lowest BCUT2D eigenvalue weighted by Crippen LogP contribution is -2.30. The van der Waals surface area contributed by atoms with Crippen LogP contribution in [-0.4, -0.2) is 27.1 Å². The second-order valence-corrected chi connectivity index (χ2v) is 6.26. The van der Waals surface area contributed by atoms with Crippen molar-refractivity contribution in [2.45, 2.75) is 25.3 Å². The molecule has 1 unspecified atom stereocenters. The van der Waals surface area contributed by atoms with E-state index in [2.05, 4.69) is 15.5 Å². The Kier molecular flexibility index (Phi) is 6.28. The van der Waals surface area contributed by atoms with Crippen molar-refractivity contribution in [1.29, 1.82) is 0 Å². The topological polar surface area (TPSA) is 105 Å². The van der Waals surface area contributed by atoms with Gasteiger partial charge in [-0.15, -0.1) is 0 Å². The van der Waals surface area contributed by atoms with E-state index < -0.39 is 29.6 Å². The summed E-state index contributed by atoms with van der Waals surface area (Å²) in [4.78, 5) is 27.4. The number of aliphatic carboxylic acids is 1. The number of carboxylic acids is 1. The molecule has 3 aromatic rings. The van der Waals surface area contributed by atoms with Crippen molar-refractivity contribution in [1.82, 2.24) is 15.5 Å². The zero-order chi connectivity index (χ0) is 20.8. The predicted octanol–water partition coefficient (Wildman–Crippen LogP) is 3.28. The van der Waals surface area contributed by atoms with E-state index in [0.717, 1.165) is 0 Å². The molecule has 9 heteroatoms. The first-order valence-electron chi connectivity index (χ1n) is 8.76. The molecule has 2 N–H and O–H groups in total. The van der Waals surface area contributed by atoms with Crippen LogP contribution in [0.5, 0.6) is 0 Å². The van der Waals surface area contributed by atoms with E-state index in [1.54, 1.807) is 12.1 Å². The molecule has 0 bridgehead atoms. The number of rotatable bonds is 8. The molecule has 0 saturated carbocycles. The summed E-state index contributed by atoms with van der Waals surface area (Å²) in [5.74, 6) is -2.27. The second-order valence-electron chi connectivity index (χ2n) is 6.26. The minimum atomic E-state index is -1.11. The molecule has 0 radical (unpaired) electrons. The van der Waals surface area contributed by atoms with Gasteiger partial charge < -0.3 is 14.9 Å². The normalized spacial score (nSPS) is 11.8. The fourth-order valence-electron chi connectivity index (χ4n) is 2.72. The summed E-state index contributed by atoms with van der Waals surface area (Å²) in [6.45, 7) is 0. The Balaban J connectivity index is 1.61. The highest BCUT2D eigenvalue weighted by Crippen LogP contribution is 2.20. The summed E-state index contributed by atoms with van der Waals surface area (Å²) in [6, 6.07) is 10.4. The van der Waals surface area contributed by atoms with Crippen LogP contribution in [0.3, 0.4) is 0 Å². The molecule has 0 aliphatic rings. The first-order valence-corrected chi connectivity index (χ1v) is 8.76. The predicted molar refractivity (Wildman–Crippen MR) is 97.5 cm³/mol. The van der Waals surface area contributed by atoms with Gasteiger partial charge in [0, 0.05) is 12.8 Å². The molecular weight excluding hydrogens is 384 g/mol. The van der Waals surface area contributed by atoms with Gasteiger partial charge in [0.25, 0.3) is 0 Å². The quantitative estimate of drug-likeness (QED) is 0.600. The van der Waals surface area contributed by atoms with Gasteiger partial charge in [0.15, 0.2) is 0 Å². The van der Waals surface area contributed by atoms with Crippen molar-refractivity contribution in [3.63, 3.8) is 0 Å². The summed E-state index contributed by atoms with van der Waals surface area (Å²) in [5.41, 5.74) is 0.659. The van der Waals surface area contributed by atoms with Crippen molar-refractivity contribution < 1.29 is 28.0 Å². The highest BCUT2D eigenvalue weighted by atomic mass is 19.1. The summed E-state index contributed by atoms with van der Waals surface area (Å²) in [5, 5.41) is 15.4. The van der Waals surface area contributed by atoms with E-state index in [1.807, 2.05) is 0 Å². The SMILES string of the molecule is O=C(O)CC(NC(=O)CCc1nc(-c2ccccc2F)no1)c1ccc(F)cc1. The Bertz CT molecular complexity index is 1000. The average Bonchev–Trinajstić information content (AvgIpc) is 3.15. The van der Waals surface area contributed by atoms with Crippen LogP contribution in [0.4, 0.5) is 8.78 Å². The molecule has 1 atom stereocenters. The maximum absolute atomic E-state index is 13.8. The monoisotopic (exact) mass is 401 g/mol. The number of nitrogens with one attached hydrogen (secondary N) is 1. The third-order valence-electron chi connectivity index (χ3n) is 4.14. The molecule has 1 heterocycles. The van der Waals surface area contributed by atoms with Gasteiger partial charge in [0.05, 0.1) is 18.0 Å². The Morgan fingerprint density at radius 1 is 1.10 bits per heavy atom. The van der Waals surface area contributed by atoms with Gasteiger partial charge in [0.1, 0.15) is 11.6 Å². The molecule has 1 aromatic heterocycles. The number of carboxylic acid groups (broad SMARTS) is 1. The van der Waals surface area contributed by atoms with Gasteiger partial charge in [-0.3, -0.25) is 9.59 Å². The van der Waals surface area contributed by atoms with E-state index in [0.29, 0.717) is 5.56 Å². The first kappa shape index (κ1) is 20.1. The lowest BCUT2D eigenvalue weighted by molar-refractivity contribution is -0.137. The highest BCUT2D eigenvalue weighted by molar-refractivity contribution is 5.78. The third kappa shape index (κ3) is 5.44. The first-order chi connectivity index (χ1) is 13.9. The van der Waals surface area contributed by atoms with Crippen LogP contribution in [-0.2, 0) is 16.0 Å². The third-order valence-corrected chi connectivity index (χ3v) is 4.14. The Labute approximate surface area is 164 Å². The number of hydrogen-bond donors (Lipinski definition) is 2. The highest BCUT2D eigenvalue weighted by Gasteiger charge is 2.19. The molecule has 0 aliphatic heterocycles. The number of amides is 1. The van der Waals surface area contributed by atoms with Crippen LogP contribution in [0.15, 0.2) is 53.1 Å². The number of nitrogens with zero attached hydrogens (tertiary/aromatic N) is 2. The summed E-state index contributed by atoms with van der Waals surface area (Å²) in [6.07, 6.45) is -0.303. The molecule has 29 heavy (non-hydrogen) atoms. The Hall–Kier alpha value is -3.62. The zero-order valence-corrected chi connectivity index (χ0v) is 15.1. The number of carbonyl (C=O) groups is 2. The van der Waals surface area contributed by atoms with E-state index in [9.17, 15) is 18.4 Å². The summed E-state index contributed by atoms with van der Waals surface area (Å²) >= 11 is 0. The van der Waals surface area contributed by atoms with Crippen molar-refractivity contribution in [3.05, 3.63) is 71.6 Å². The maximum Gasteiger partial charge on any atom is 0.305 e. The van der Waals surface area contributed by atoms with Gasteiger partial charge in [-0.05, 0) is 29.8 Å². The smallest absolute Gasteiger partial charge is 0.305 e. The second kappa shape index (κ2) is 9.05. The molecule has 2 aromatic carbocycles. The van der Waals surface area contributed by atoms with Gasteiger partial charge in [0.2, 0.25) is 17.6 Å². The van der Waals surface area contributed by atoms with Crippen LogP contribution in [0.1, 0.15) is 30.3 Å². The molecule has 3 rings (SSSR count). The van der Waals surface area contributed by atoms with E-state index in [1.165, 1.54) is 36.4 Å². The fourth-order valence-corrected chi connectivity index (χ4v) is 2.72. The van der Waals surface area contributed by atoms with Gasteiger partial charge in [-0.1, -0.05) is 29.4 Å². The molecule has 0 spiro atoms. The molecule has 7 nitrogen and oxygen atoms in total. The average molecular weight is 401 g/mol. The number of halogens is 2. The number of benzene rings is 2.